The molecule has 1 unspecified atom stereocenters. The molecule has 6 nitrogen and oxygen atoms in total. The molecule has 114 valence electrons. The van der Waals surface area contributed by atoms with Crippen molar-refractivity contribution >= 4 is 18.2 Å². The summed E-state index contributed by atoms with van der Waals surface area (Å²) < 4.78 is 5.35. The average Bonchev–Trinajstić information content (AvgIpc) is 2.45. The summed E-state index contributed by atoms with van der Waals surface area (Å²) in [5.41, 5.74) is -1.23. The third kappa shape index (κ3) is 4.30. The summed E-state index contributed by atoms with van der Waals surface area (Å²) in [6.07, 6.45) is 3.88. The normalized spacial score (nSPS) is 25.5. The van der Waals surface area contributed by atoms with Gasteiger partial charge in [0.2, 0.25) is 5.91 Å². The number of carboxylic acid groups (broad SMARTS) is 1. The van der Waals surface area contributed by atoms with Gasteiger partial charge in [-0.1, -0.05) is 13.3 Å². The summed E-state index contributed by atoms with van der Waals surface area (Å²) in [6.45, 7) is 3.28. The number of amides is 1. The number of ether oxygens (including phenoxy) is 1. The molecule has 1 saturated carbocycles. The molecule has 1 amide bonds. The Morgan fingerprint density at radius 3 is 2.70 bits per heavy atom. The number of carboxylic acids is 1. The van der Waals surface area contributed by atoms with Crippen molar-refractivity contribution in [2.24, 2.45) is 5.92 Å². The van der Waals surface area contributed by atoms with E-state index in [1.807, 2.05) is 0 Å². The van der Waals surface area contributed by atoms with Crippen molar-refractivity contribution in [1.29, 1.82) is 0 Å². The van der Waals surface area contributed by atoms with Gasteiger partial charge in [-0.05, 0) is 32.6 Å². The van der Waals surface area contributed by atoms with Gasteiger partial charge in [0.25, 0.3) is 0 Å². The van der Waals surface area contributed by atoms with Crippen LogP contribution in [0.25, 0.3) is 0 Å². The van der Waals surface area contributed by atoms with Crippen molar-refractivity contribution < 1.29 is 24.2 Å². The second-order valence-electron chi connectivity index (χ2n) is 5.47. The molecule has 0 aromatic carbocycles. The molecule has 0 aliphatic heterocycles. The van der Waals surface area contributed by atoms with Gasteiger partial charge in [-0.25, -0.2) is 4.79 Å². The molecular weight excluding hydrogens is 262 g/mol. The van der Waals surface area contributed by atoms with Crippen molar-refractivity contribution in [1.82, 2.24) is 5.32 Å². The largest absolute Gasteiger partial charge is 0.480 e. The van der Waals surface area contributed by atoms with E-state index in [0.717, 1.165) is 19.3 Å². The third-order valence-electron chi connectivity index (χ3n) is 3.98. The first-order valence-electron chi connectivity index (χ1n) is 7.03. The van der Waals surface area contributed by atoms with Crippen LogP contribution >= 0.6 is 0 Å². The molecule has 20 heavy (non-hydrogen) atoms. The molecule has 6 heteroatoms. The van der Waals surface area contributed by atoms with E-state index in [2.05, 4.69) is 5.32 Å². The number of aldehydes is 1. The number of nitrogens with one attached hydrogen (secondary N) is 1. The highest BCUT2D eigenvalue weighted by molar-refractivity contribution is 5.87. The number of rotatable bonds is 7. The summed E-state index contributed by atoms with van der Waals surface area (Å²) in [5, 5.41) is 11.8. The van der Waals surface area contributed by atoms with Crippen molar-refractivity contribution in [3.05, 3.63) is 0 Å². The predicted octanol–water partition coefficient (Wildman–Crippen LogP) is 1.13. The number of carbonyl (C=O) groups is 3. The second kappa shape index (κ2) is 7.38. The van der Waals surface area contributed by atoms with E-state index in [1.165, 1.54) is 6.92 Å². The number of hydrogen-bond acceptors (Lipinski definition) is 4. The molecule has 0 spiro atoms. The molecule has 0 heterocycles. The zero-order valence-electron chi connectivity index (χ0n) is 12.1. The lowest BCUT2D eigenvalue weighted by molar-refractivity contribution is -0.148. The van der Waals surface area contributed by atoms with Crippen molar-refractivity contribution in [2.75, 3.05) is 6.61 Å². The van der Waals surface area contributed by atoms with Gasteiger partial charge in [-0.15, -0.1) is 0 Å². The number of aliphatic carboxylic acids is 1. The van der Waals surface area contributed by atoms with Crippen LogP contribution in [0, 0.1) is 5.92 Å². The van der Waals surface area contributed by atoms with Crippen LogP contribution in [0.1, 0.15) is 46.0 Å². The summed E-state index contributed by atoms with van der Waals surface area (Å²) in [6, 6.07) is 0. The molecular formula is C14H23NO5. The highest BCUT2D eigenvalue weighted by Crippen LogP contribution is 2.27. The lowest BCUT2D eigenvalue weighted by Crippen LogP contribution is -2.54. The molecule has 0 saturated heterocycles. The lowest BCUT2D eigenvalue weighted by atomic mass is 9.85. The molecule has 0 bridgehead atoms. The van der Waals surface area contributed by atoms with Gasteiger partial charge < -0.3 is 20.0 Å². The standard InChI is InChI=1S/C14H23NO5/c1-3-14(2,13(18)19)15-12(17)10-5-4-6-11(9-10)20-8-7-16/h7,10-11H,3-6,8-9H2,1-2H3,(H,15,17)(H,18,19)/t10-,11+,14?/m0/s1. The quantitative estimate of drug-likeness (QED) is 0.684. The minimum atomic E-state index is -1.23. The van der Waals surface area contributed by atoms with Crippen LogP contribution in [-0.2, 0) is 19.1 Å². The molecule has 1 fully saturated rings. The molecule has 1 aliphatic carbocycles. The van der Waals surface area contributed by atoms with Crippen molar-refractivity contribution in [3.63, 3.8) is 0 Å². The highest BCUT2D eigenvalue weighted by atomic mass is 16.5. The molecule has 0 aromatic rings. The Bertz CT molecular complexity index is 371. The Kier molecular flexibility index (Phi) is 6.13. The van der Waals surface area contributed by atoms with Crippen LogP contribution < -0.4 is 5.32 Å². The summed E-state index contributed by atoms with van der Waals surface area (Å²) >= 11 is 0. The maximum Gasteiger partial charge on any atom is 0.329 e. The van der Waals surface area contributed by atoms with E-state index in [0.29, 0.717) is 19.1 Å². The Balaban J connectivity index is 2.58. The highest BCUT2D eigenvalue weighted by Gasteiger charge is 2.36. The molecule has 1 rings (SSSR count). The zero-order valence-corrected chi connectivity index (χ0v) is 12.1. The topological polar surface area (TPSA) is 92.7 Å². The van der Waals surface area contributed by atoms with Gasteiger partial charge in [0.15, 0.2) is 0 Å². The SMILES string of the molecule is CCC(C)(NC(=O)[C@H]1CCC[C@@H](OCC=O)C1)C(=O)O. The second-order valence-corrected chi connectivity index (χ2v) is 5.47. The first-order chi connectivity index (χ1) is 9.42. The van der Waals surface area contributed by atoms with Crippen LogP contribution in [0.15, 0.2) is 0 Å². The minimum absolute atomic E-state index is 0.0425. The van der Waals surface area contributed by atoms with Crippen LogP contribution in [0.3, 0.4) is 0 Å². The summed E-state index contributed by atoms with van der Waals surface area (Å²) in [7, 11) is 0. The third-order valence-corrected chi connectivity index (χ3v) is 3.98. The van der Waals surface area contributed by atoms with E-state index >= 15 is 0 Å². The first kappa shape index (κ1) is 16.6. The van der Waals surface area contributed by atoms with Gasteiger partial charge in [-0.2, -0.15) is 0 Å². The van der Waals surface area contributed by atoms with Crippen LogP contribution in [0.2, 0.25) is 0 Å². The monoisotopic (exact) mass is 285 g/mol. The molecule has 1 aliphatic rings. The van der Waals surface area contributed by atoms with Crippen LogP contribution in [0.4, 0.5) is 0 Å². The van der Waals surface area contributed by atoms with Crippen LogP contribution in [-0.4, -0.2) is 41.5 Å². The summed E-state index contributed by atoms with van der Waals surface area (Å²) in [4.78, 5) is 33.7. The lowest BCUT2D eigenvalue weighted by Gasteiger charge is -2.31. The zero-order chi connectivity index (χ0) is 15.2. The van der Waals surface area contributed by atoms with E-state index in [1.54, 1.807) is 6.92 Å². The van der Waals surface area contributed by atoms with Crippen molar-refractivity contribution in [2.45, 2.75) is 57.6 Å². The van der Waals surface area contributed by atoms with E-state index in [4.69, 9.17) is 9.84 Å². The Hall–Kier alpha value is -1.43. The fourth-order valence-corrected chi connectivity index (χ4v) is 2.38. The number of hydrogen-bond donors (Lipinski definition) is 2. The molecule has 0 aromatic heterocycles. The molecule has 3 atom stereocenters. The van der Waals surface area contributed by atoms with Crippen LogP contribution in [0.5, 0.6) is 0 Å². The van der Waals surface area contributed by atoms with Gasteiger partial charge in [0.1, 0.15) is 18.4 Å². The van der Waals surface area contributed by atoms with Gasteiger partial charge in [0.05, 0.1) is 6.10 Å². The van der Waals surface area contributed by atoms with Gasteiger partial charge in [0, 0.05) is 5.92 Å². The van der Waals surface area contributed by atoms with E-state index in [-0.39, 0.29) is 24.5 Å². The average molecular weight is 285 g/mol. The molecule has 2 N–H and O–H groups in total. The summed E-state index contributed by atoms with van der Waals surface area (Å²) in [5.74, 6) is -1.51. The Morgan fingerprint density at radius 2 is 2.15 bits per heavy atom. The van der Waals surface area contributed by atoms with E-state index < -0.39 is 11.5 Å². The minimum Gasteiger partial charge on any atom is -0.480 e. The smallest absolute Gasteiger partial charge is 0.329 e. The predicted molar refractivity (Wildman–Crippen MR) is 72.2 cm³/mol. The Morgan fingerprint density at radius 1 is 1.45 bits per heavy atom. The first-order valence-corrected chi connectivity index (χ1v) is 7.03. The van der Waals surface area contributed by atoms with Crippen molar-refractivity contribution in [3.8, 4) is 0 Å². The molecule has 0 radical (unpaired) electrons. The fraction of sp³-hybridized carbons (Fsp3) is 0.786. The van der Waals surface area contributed by atoms with Gasteiger partial charge >= 0.3 is 5.97 Å². The number of carbonyl (C=O) groups excluding carboxylic acids is 2. The van der Waals surface area contributed by atoms with E-state index in [9.17, 15) is 14.4 Å². The maximum absolute atomic E-state index is 12.2. The Labute approximate surface area is 118 Å². The fourth-order valence-electron chi connectivity index (χ4n) is 2.38. The van der Waals surface area contributed by atoms with Gasteiger partial charge in [-0.3, -0.25) is 4.79 Å². The maximum atomic E-state index is 12.2.